The van der Waals surface area contributed by atoms with Crippen LogP contribution in [0.25, 0.3) is 17.2 Å². The number of hydrogen-bond acceptors (Lipinski definition) is 2. The molecule has 1 aliphatic rings. The number of para-hydroxylation sites is 2. The maximum absolute atomic E-state index is 5.62. The molecule has 3 heteroatoms. The fourth-order valence-electron chi connectivity index (χ4n) is 2.03. The van der Waals surface area contributed by atoms with E-state index in [1.54, 1.807) is 0 Å². The summed E-state index contributed by atoms with van der Waals surface area (Å²) < 4.78 is 7.73. The quantitative estimate of drug-likeness (QED) is 0.653. The molecule has 0 spiro atoms. The van der Waals surface area contributed by atoms with Crippen LogP contribution < -0.4 is 0 Å². The van der Waals surface area contributed by atoms with E-state index in [0.29, 0.717) is 0 Å². The number of hydrogen-bond donors (Lipinski definition) is 0. The monoisotopic (exact) mass is 200 g/mol. The molecule has 0 saturated heterocycles. The van der Waals surface area contributed by atoms with E-state index in [-0.39, 0.29) is 6.10 Å². The lowest BCUT2D eigenvalue weighted by molar-refractivity contribution is 0.120. The predicted octanol–water partition coefficient (Wildman–Crippen LogP) is 2.95. The zero-order valence-electron chi connectivity index (χ0n) is 8.77. The van der Waals surface area contributed by atoms with Gasteiger partial charge >= 0.3 is 0 Å². The summed E-state index contributed by atoms with van der Waals surface area (Å²) in [4.78, 5) is 4.56. The van der Waals surface area contributed by atoms with Crippen molar-refractivity contribution in [1.82, 2.24) is 9.55 Å². The van der Waals surface area contributed by atoms with Crippen LogP contribution in [0.5, 0.6) is 0 Å². The second kappa shape index (κ2) is 2.86. The summed E-state index contributed by atoms with van der Waals surface area (Å²) >= 11 is 0. The number of nitrogens with zero attached hydrogens (tertiary/aromatic N) is 2. The summed E-state index contributed by atoms with van der Waals surface area (Å²) in [6, 6.07) is 8.13. The molecule has 0 N–H and O–H groups in total. The van der Waals surface area contributed by atoms with Crippen LogP contribution >= 0.6 is 0 Å². The third-order valence-electron chi connectivity index (χ3n) is 2.66. The molecule has 0 bridgehead atoms. The first-order valence-electron chi connectivity index (χ1n) is 5.07. The molecule has 1 aromatic heterocycles. The Labute approximate surface area is 88.0 Å². The minimum absolute atomic E-state index is 0.0300. The molecule has 1 aromatic carbocycles. The smallest absolute Gasteiger partial charge is 0.155 e. The molecule has 15 heavy (non-hydrogen) atoms. The number of fused-ring (bicyclic) bond motifs is 3. The Balaban J connectivity index is 2.37. The van der Waals surface area contributed by atoms with Gasteiger partial charge in [-0.3, -0.25) is 4.57 Å². The van der Waals surface area contributed by atoms with E-state index in [9.17, 15) is 0 Å². The Morgan fingerprint density at radius 2 is 2.13 bits per heavy atom. The Hall–Kier alpha value is -1.77. The van der Waals surface area contributed by atoms with Crippen LogP contribution in [0, 0.1) is 0 Å². The van der Waals surface area contributed by atoms with E-state index in [1.165, 1.54) is 0 Å². The fraction of sp³-hybridized carbons (Fsp3) is 0.250. The van der Waals surface area contributed by atoms with Crippen molar-refractivity contribution < 1.29 is 4.74 Å². The third kappa shape index (κ3) is 1.16. The van der Waals surface area contributed by atoms with Crippen molar-refractivity contribution in [1.29, 1.82) is 0 Å². The lowest BCUT2D eigenvalue weighted by Crippen LogP contribution is -2.11. The van der Waals surface area contributed by atoms with E-state index in [0.717, 1.165) is 22.6 Å². The van der Waals surface area contributed by atoms with Crippen molar-refractivity contribution in [2.24, 2.45) is 0 Å². The van der Waals surface area contributed by atoms with Gasteiger partial charge in [0.1, 0.15) is 5.76 Å². The molecule has 1 aliphatic heterocycles. The second-order valence-corrected chi connectivity index (χ2v) is 3.83. The average molecular weight is 200 g/mol. The molecule has 0 saturated carbocycles. The van der Waals surface area contributed by atoms with Crippen LogP contribution in [-0.2, 0) is 4.74 Å². The van der Waals surface area contributed by atoms with E-state index >= 15 is 0 Å². The van der Waals surface area contributed by atoms with Crippen molar-refractivity contribution in [3.05, 3.63) is 35.8 Å². The van der Waals surface area contributed by atoms with Crippen LogP contribution in [0.2, 0.25) is 0 Å². The van der Waals surface area contributed by atoms with E-state index in [1.807, 2.05) is 38.2 Å². The zero-order valence-corrected chi connectivity index (χ0v) is 8.77. The summed E-state index contributed by atoms with van der Waals surface area (Å²) in [7, 11) is 0. The molecule has 0 radical (unpaired) electrons. The summed E-state index contributed by atoms with van der Waals surface area (Å²) in [5.74, 6) is 1.90. The molecule has 0 aliphatic carbocycles. The van der Waals surface area contributed by atoms with Crippen molar-refractivity contribution in [3.8, 4) is 0 Å². The SMILES string of the molecule is CC1=Cn2c(nc3ccccc32)C(C)O1. The molecule has 2 heterocycles. The fourth-order valence-corrected chi connectivity index (χ4v) is 2.03. The molecular formula is C12H12N2O. The van der Waals surface area contributed by atoms with Crippen LogP contribution in [0.3, 0.4) is 0 Å². The second-order valence-electron chi connectivity index (χ2n) is 3.83. The van der Waals surface area contributed by atoms with Crippen molar-refractivity contribution in [2.45, 2.75) is 20.0 Å². The van der Waals surface area contributed by atoms with E-state index in [2.05, 4.69) is 15.6 Å². The minimum atomic E-state index is 0.0300. The van der Waals surface area contributed by atoms with Gasteiger partial charge in [-0.15, -0.1) is 0 Å². The first kappa shape index (κ1) is 8.53. The highest BCUT2D eigenvalue weighted by Crippen LogP contribution is 2.29. The summed E-state index contributed by atoms with van der Waals surface area (Å²) in [5, 5.41) is 0. The largest absolute Gasteiger partial charge is 0.486 e. The van der Waals surface area contributed by atoms with Crippen LogP contribution in [0.1, 0.15) is 25.8 Å². The molecule has 3 nitrogen and oxygen atoms in total. The lowest BCUT2D eigenvalue weighted by Gasteiger charge is -2.20. The maximum atomic E-state index is 5.62. The molecule has 3 rings (SSSR count). The average Bonchev–Trinajstić information content (AvgIpc) is 2.57. The number of rotatable bonds is 0. The third-order valence-corrected chi connectivity index (χ3v) is 2.66. The summed E-state index contributed by atoms with van der Waals surface area (Å²) in [5.41, 5.74) is 2.16. The first-order chi connectivity index (χ1) is 7.25. The highest BCUT2D eigenvalue weighted by atomic mass is 16.5. The number of allylic oxidation sites excluding steroid dienone is 1. The molecule has 1 atom stereocenters. The summed E-state index contributed by atoms with van der Waals surface area (Å²) in [6.45, 7) is 3.99. The van der Waals surface area contributed by atoms with Gasteiger partial charge in [0.05, 0.1) is 11.0 Å². The van der Waals surface area contributed by atoms with Gasteiger partial charge in [0.15, 0.2) is 11.9 Å². The Morgan fingerprint density at radius 3 is 3.00 bits per heavy atom. The molecule has 0 fully saturated rings. The number of benzene rings is 1. The highest BCUT2D eigenvalue weighted by Gasteiger charge is 2.20. The lowest BCUT2D eigenvalue weighted by atomic mass is 10.3. The van der Waals surface area contributed by atoms with Crippen molar-refractivity contribution in [3.63, 3.8) is 0 Å². The van der Waals surface area contributed by atoms with Gasteiger partial charge in [-0.2, -0.15) is 0 Å². The number of aromatic nitrogens is 2. The van der Waals surface area contributed by atoms with Gasteiger partial charge in [0.25, 0.3) is 0 Å². The minimum Gasteiger partial charge on any atom is -0.486 e. The Morgan fingerprint density at radius 1 is 1.33 bits per heavy atom. The van der Waals surface area contributed by atoms with E-state index in [4.69, 9.17) is 4.74 Å². The molecule has 1 unspecified atom stereocenters. The van der Waals surface area contributed by atoms with Crippen LogP contribution in [-0.4, -0.2) is 9.55 Å². The van der Waals surface area contributed by atoms with Crippen LogP contribution in [0.15, 0.2) is 30.0 Å². The highest BCUT2D eigenvalue weighted by molar-refractivity contribution is 5.78. The predicted molar refractivity (Wildman–Crippen MR) is 59.2 cm³/mol. The number of ether oxygens (including phenoxy) is 1. The normalized spacial score (nSPS) is 19.6. The first-order valence-corrected chi connectivity index (χ1v) is 5.07. The van der Waals surface area contributed by atoms with Gasteiger partial charge in [-0.1, -0.05) is 12.1 Å². The van der Waals surface area contributed by atoms with Crippen molar-refractivity contribution >= 4 is 17.2 Å². The van der Waals surface area contributed by atoms with Crippen LogP contribution in [0.4, 0.5) is 0 Å². The molecule has 2 aromatic rings. The van der Waals surface area contributed by atoms with Gasteiger partial charge in [-0.25, -0.2) is 4.98 Å². The summed E-state index contributed by atoms with van der Waals surface area (Å²) in [6.07, 6.45) is 2.02. The molecule has 0 amide bonds. The topological polar surface area (TPSA) is 27.1 Å². The zero-order chi connectivity index (χ0) is 10.4. The van der Waals surface area contributed by atoms with Gasteiger partial charge in [0.2, 0.25) is 0 Å². The standard InChI is InChI=1S/C12H12N2O/c1-8-7-14-11-6-4-3-5-10(11)13-12(14)9(2)15-8/h3-7,9H,1-2H3. The molecular weight excluding hydrogens is 188 g/mol. The Kier molecular flexibility index (Phi) is 1.63. The van der Waals surface area contributed by atoms with Gasteiger partial charge in [-0.05, 0) is 26.0 Å². The van der Waals surface area contributed by atoms with Gasteiger partial charge in [0, 0.05) is 6.20 Å². The number of imidazole rings is 1. The van der Waals surface area contributed by atoms with E-state index < -0.39 is 0 Å². The Bertz CT molecular complexity index is 554. The maximum Gasteiger partial charge on any atom is 0.155 e. The van der Waals surface area contributed by atoms with Gasteiger partial charge < -0.3 is 4.74 Å². The van der Waals surface area contributed by atoms with Crippen molar-refractivity contribution in [2.75, 3.05) is 0 Å². The molecule has 76 valence electrons.